The summed E-state index contributed by atoms with van der Waals surface area (Å²) in [6, 6.07) is 9.09. The number of hydrogen-bond acceptors (Lipinski definition) is 8. The lowest BCUT2D eigenvalue weighted by atomic mass is 9.98. The molecule has 0 radical (unpaired) electrons. The Balaban J connectivity index is 1.37. The van der Waals surface area contributed by atoms with Crippen LogP contribution >= 0.6 is 22.9 Å². The summed E-state index contributed by atoms with van der Waals surface area (Å²) in [7, 11) is 0. The number of pyridine rings is 2. The van der Waals surface area contributed by atoms with Crippen molar-refractivity contribution in [2.24, 2.45) is 0 Å². The van der Waals surface area contributed by atoms with Gasteiger partial charge in [-0.05, 0) is 43.2 Å². The average molecular weight is 657 g/mol. The summed E-state index contributed by atoms with van der Waals surface area (Å²) in [5.74, 6) is 5.49. The smallest absolute Gasteiger partial charge is 0.338 e. The molecule has 4 aromatic heterocycles. The van der Waals surface area contributed by atoms with Crippen LogP contribution in [0.4, 0.5) is 8.78 Å². The van der Waals surface area contributed by atoms with Crippen molar-refractivity contribution in [1.29, 1.82) is 5.26 Å². The normalized spacial score (nSPS) is 13.4. The lowest BCUT2D eigenvalue weighted by Gasteiger charge is -2.26. The highest BCUT2D eigenvalue weighted by atomic mass is 35.5. The van der Waals surface area contributed by atoms with E-state index in [-0.39, 0.29) is 35.1 Å². The minimum atomic E-state index is -2.44. The number of fused-ring (bicyclic) bond motifs is 2. The highest BCUT2D eigenvalue weighted by Gasteiger charge is 2.22. The van der Waals surface area contributed by atoms with E-state index >= 15 is 0 Å². The van der Waals surface area contributed by atoms with Gasteiger partial charge in [0.05, 0.1) is 57.2 Å². The number of rotatable bonds is 6. The van der Waals surface area contributed by atoms with Gasteiger partial charge >= 0.3 is 5.97 Å². The van der Waals surface area contributed by atoms with Gasteiger partial charge in [0.25, 0.3) is 12.0 Å². The number of carboxylic acid groups (broad SMARTS) is 1. The van der Waals surface area contributed by atoms with Crippen molar-refractivity contribution in [2.75, 3.05) is 19.6 Å². The first-order valence-corrected chi connectivity index (χ1v) is 15.3. The van der Waals surface area contributed by atoms with Crippen molar-refractivity contribution in [3.05, 3.63) is 91.7 Å². The predicted octanol–water partition coefficient (Wildman–Crippen LogP) is 6.01. The molecule has 0 atom stereocenters. The first-order chi connectivity index (χ1) is 22.2. The number of benzene rings is 1. The molecule has 0 fully saturated rings. The molecule has 1 aromatic carbocycles. The standard InChI is InChI=1S/C33H23ClF2N6O3S/c1-18-40-26-15-39-29(20-7-11-41(12-8-20)16-27(35)36)24(14-37)28(26)32(43)42(18)10-2-3-19-4-5-21(34)13-23(19)22-6-9-38-30-25(33(44)45)17-46-31(22)30/h4-7,9,13,15,17,27H,8,10-12,16H2,1H3,(H,44,45). The molecular formula is C33H23ClF2N6O3S. The molecule has 230 valence electrons. The molecule has 1 N–H and O–H groups in total. The number of carboxylic acids is 1. The molecule has 0 unspecified atom stereocenters. The summed E-state index contributed by atoms with van der Waals surface area (Å²) in [5.41, 5.74) is 3.48. The van der Waals surface area contributed by atoms with Gasteiger partial charge in [-0.15, -0.1) is 11.3 Å². The van der Waals surface area contributed by atoms with E-state index in [1.807, 2.05) is 0 Å². The van der Waals surface area contributed by atoms with Crippen molar-refractivity contribution in [1.82, 2.24) is 24.4 Å². The number of aryl methyl sites for hydroxylation is 1. The van der Waals surface area contributed by atoms with Crippen molar-refractivity contribution in [2.45, 2.75) is 26.3 Å². The first-order valence-electron chi connectivity index (χ1n) is 14.0. The maximum absolute atomic E-state index is 13.8. The molecule has 0 aliphatic carbocycles. The van der Waals surface area contributed by atoms with E-state index in [0.29, 0.717) is 57.4 Å². The van der Waals surface area contributed by atoms with E-state index in [1.54, 1.807) is 47.5 Å². The van der Waals surface area contributed by atoms with Crippen LogP contribution < -0.4 is 5.56 Å². The number of aromatic carboxylic acids is 1. The zero-order valence-electron chi connectivity index (χ0n) is 24.2. The number of hydrogen-bond donors (Lipinski definition) is 1. The van der Waals surface area contributed by atoms with Gasteiger partial charge in [-0.2, -0.15) is 5.26 Å². The molecule has 9 nitrogen and oxygen atoms in total. The third kappa shape index (κ3) is 5.86. The van der Waals surface area contributed by atoms with E-state index < -0.39 is 18.0 Å². The second-order valence-electron chi connectivity index (χ2n) is 10.5. The van der Waals surface area contributed by atoms with Crippen LogP contribution in [-0.4, -0.2) is 61.6 Å². The summed E-state index contributed by atoms with van der Waals surface area (Å²) < 4.78 is 27.7. The van der Waals surface area contributed by atoms with Crippen LogP contribution in [-0.2, 0) is 6.54 Å². The topological polar surface area (TPSA) is 125 Å². The highest BCUT2D eigenvalue weighted by molar-refractivity contribution is 7.18. The van der Waals surface area contributed by atoms with Crippen LogP contribution in [0.1, 0.15) is 39.4 Å². The van der Waals surface area contributed by atoms with Crippen LogP contribution in [0.5, 0.6) is 0 Å². The molecular weight excluding hydrogens is 634 g/mol. The lowest BCUT2D eigenvalue weighted by Crippen LogP contribution is -2.33. The Hall–Kier alpha value is -5.01. The van der Waals surface area contributed by atoms with Crippen LogP contribution in [0.15, 0.2) is 52.9 Å². The van der Waals surface area contributed by atoms with Gasteiger partial charge in [0.15, 0.2) is 0 Å². The summed E-state index contributed by atoms with van der Waals surface area (Å²) in [6.07, 6.45) is 2.74. The van der Waals surface area contributed by atoms with Gasteiger partial charge in [0.2, 0.25) is 0 Å². The monoisotopic (exact) mass is 656 g/mol. The second-order valence-corrected chi connectivity index (χ2v) is 11.8. The predicted molar refractivity (Wildman–Crippen MR) is 172 cm³/mol. The summed E-state index contributed by atoms with van der Waals surface area (Å²) >= 11 is 7.61. The zero-order chi connectivity index (χ0) is 32.5. The molecule has 6 rings (SSSR count). The number of aromatic nitrogens is 4. The van der Waals surface area contributed by atoms with E-state index in [1.165, 1.54) is 28.3 Å². The maximum atomic E-state index is 13.8. The Bertz CT molecular complexity index is 2250. The summed E-state index contributed by atoms with van der Waals surface area (Å²) in [6.45, 7) is 1.98. The number of nitrogens with zero attached hydrogens (tertiary/aromatic N) is 6. The molecule has 5 aromatic rings. The Morgan fingerprint density at radius 1 is 1.24 bits per heavy atom. The molecule has 0 saturated carbocycles. The molecule has 0 spiro atoms. The van der Waals surface area contributed by atoms with Crippen molar-refractivity contribution in [3.8, 4) is 29.0 Å². The molecule has 0 saturated heterocycles. The summed E-state index contributed by atoms with van der Waals surface area (Å²) in [5, 5.41) is 21.8. The fourth-order valence-corrected chi connectivity index (χ4v) is 6.70. The molecule has 1 aliphatic heterocycles. The fraction of sp³-hybridized carbons (Fsp3) is 0.212. The van der Waals surface area contributed by atoms with E-state index in [0.717, 1.165) is 11.1 Å². The highest BCUT2D eigenvalue weighted by Crippen LogP contribution is 2.36. The molecule has 0 amide bonds. The van der Waals surface area contributed by atoms with Crippen molar-refractivity contribution in [3.63, 3.8) is 0 Å². The van der Waals surface area contributed by atoms with E-state index in [4.69, 9.17) is 11.6 Å². The number of alkyl halides is 2. The quantitative estimate of drug-likeness (QED) is 0.221. The number of halogens is 3. The third-order valence-electron chi connectivity index (χ3n) is 7.71. The lowest BCUT2D eigenvalue weighted by molar-refractivity contribution is 0.0699. The number of nitriles is 1. The van der Waals surface area contributed by atoms with Crippen LogP contribution in [0, 0.1) is 30.1 Å². The Labute approximate surface area is 270 Å². The first kappa shape index (κ1) is 31.0. The Morgan fingerprint density at radius 2 is 2.07 bits per heavy atom. The molecule has 0 bridgehead atoms. The number of thiophene rings is 1. The average Bonchev–Trinajstić information content (AvgIpc) is 3.48. The van der Waals surface area contributed by atoms with Gasteiger partial charge in [0, 0.05) is 46.4 Å². The second kappa shape index (κ2) is 12.8. The third-order valence-corrected chi connectivity index (χ3v) is 8.95. The Kier molecular flexibility index (Phi) is 8.61. The molecule has 46 heavy (non-hydrogen) atoms. The minimum Gasteiger partial charge on any atom is -0.478 e. The molecule has 5 heterocycles. The van der Waals surface area contributed by atoms with Crippen LogP contribution in [0.2, 0.25) is 5.02 Å². The minimum absolute atomic E-state index is 0.0304. The number of carbonyl (C=O) groups is 1. The zero-order valence-corrected chi connectivity index (χ0v) is 25.8. The maximum Gasteiger partial charge on any atom is 0.338 e. The van der Waals surface area contributed by atoms with Gasteiger partial charge in [-0.1, -0.05) is 29.5 Å². The Morgan fingerprint density at radius 3 is 2.78 bits per heavy atom. The van der Waals surface area contributed by atoms with Crippen molar-refractivity contribution < 1.29 is 18.7 Å². The van der Waals surface area contributed by atoms with E-state index in [9.17, 15) is 28.7 Å². The SMILES string of the molecule is Cc1nc2cnc(C3=CCN(CC(F)F)CC3)c(C#N)c2c(=O)n1CC#Cc1ccc(Cl)cc1-c1ccnc2c(C(=O)O)csc12. The van der Waals surface area contributed by atoms with Gasteiger partial charge in [-0.3, -0.25) is 24.2 Å². The van der Waals surface area contributed by atoms with Crippen LogP contribution in [0.3, 0.4) is 0 Å². The van der Waals surface area contributed by atoms with Gasteiger partial charge in [0.1, 0.15) is 11.9 Å². The largest absolute Gasteiger partial charge is 0.478 e. The van der Waals surface area contributed by atoms with Gasteiger partial charge in [-0.25, -0.2) is 18.6 Å². The van der Waals surface area contributed by atoms with E-state index in [2.05, 4.69) is 32.9 Å². The van der Waals surface area contributed by atoms with Crippen molar-refractivity contribution >= 4 is 55.6 Å². The molecule has 13 heteroatoms. The summed E-state index contributed by atoms with van der Waals surface area (Å²) in [4.78, 5) is 40.3. The van der Waals surface area contributed by atoms with Crippen LogP contribution in [0.25, 0.3) is 37.8 Å². The van der Waals surface area contributed by atoms with Gasteiger partial charge < -0.3 is 5.11 Å². The fourth-order valence-electron chi connectivity index (χ4n) is 5.50. The molecule has 1 aliphatic rings.